The van der Waals surface area contributed by atoms with Gasteiger partial charge in [-0.25, -0.2) is 0 Å². The molecule has 1 N–H and O–H groups in total. The number of carbonyl (C=O) groups is 2. The molecule has 1 aliphatic rings. The van der Waals surface area contributed by atoms with Gasteiger partial charge in [0.15, 0.2) is 5.78 Å². The van der Waals surface area contributed by atoms with Gasteiger partial charge in [0.1, 0.15) is 0 Å². The molecule has 4 nitrogen and oxygen atoms in total. The molecule has 0 radical (unpaired) electrons. The molecule has 1 fully saturated rings. The van der Waals surface area contributed by atoms with Gasteiger partial charge >= 0.3 is 0 Å². The standard InChI is InChI=1S/C14H18N2O2/c1-11(17)12-4-2-5-13(10-12)16-9-3-7-15-8-6-14(16)18/h2,4-5,10,15H,3,6-9H2,1H3. The second-order valence-electron chi connectivity index (χ2n) is 4.51. The van der Waals surface area contributed by atoms with Gasteiger partial charge in [-0.3, -0.25) is 9.59 Å². The van der Waals surface area contributed by atoms with Crippen LogP contribution in [0.1, 0.15) is 30.1 Å². The third kappa shape index (κ3) is 2.96. The van der Waals surface area contributed by atoms with E-state index in [0.29, 0.717) is 18.5 Å². The molecule has 0 bridgehead atoms. The molecular weight excluding hydrogens is 228 g/mol. The molecule has 1 heterocycles. The Labute approximate surface area is 107 Å². The van der Waals surface area contributed by atoms with Crippen LogP contribution in [0.15, 0.2) is 24.3 Å². The maximum absolute atomic E-state index is 12.0. The number of hydrogen-bond acceptors (Lipinski definition) is 3. The highest BCUT2D eigenvalue weighted by molar-refractivity contribution is 5.98. The minimum atomic E-state index is 0.0259. The summed E-state index contributed by atoms with van der Waals surface area (Å²) in [6.07, 6.45) is 1.43. The Hall–Kier alpha value is -1.68. The Kier molecular flexibility index (Phi) is 4.10. The van der Waals surface area contributed by atoms with Gasteiger partial charge in [0.05, 0.1) is 0 Å². The smallest absolute Gasteiger partial charge is 0.228 e. The largest absolute Gasteiger partial charge is 0.316 e. The van der Waals surface area contributed by atoms with Crippen LogP contribution in [-0.2, 0) is 4.79 Å². The van der Waals surface area contributed by atoms with Crippen molar-refractivity contribution in [1.29, 1.82) is 0 Å². The number of amides is 1. The van der Waals surface area contributed by atoms with E-state index >= 15 is 0 Å². The van der Waals surface area contributed by atoms with Crippen molar-refractivity contribution in [3.05, 3.63) is 29.8 Å². The second kappa shape index (κ2) is 5.78. The number of benzene rings is 1. The van der Waals surface area contributed by atoms with Gasteiger partial charge < -0.3 is 10.2 Å². The van der Waals surface area contributed by atoms with E-state index in [1.807, 2.05) is 12.1 Å². The van der Waals surface area contributed by atoms with Crippen molar-refractivity contribution >= 4 is 17.4 Å². The van der Waals surface area contributed by atoms with Gasteiger partial charge in [0, 0.05) is 30.8 Å². The molecule has 0 saturated carbocycles. The highest BCUT2D eigenvalue weighted by Crippen LogP contribution is 2.18. The van der Waals surface area contributed by atoms with Crippen molar-refractivity contribution < 1.29 is 9.59 Å². The summed E-state index contributed by atoms with van der Waals surface area (Å²) < 4.78 is 0. The van der Waals surface area contributed by atoms with Gasteiger partial charge in [-0.2, -0.15) is 0 Å². The maximum Gasteiger partial charge on any atom is 0.228 e. The summed E-state index contributed by atoms with van der Waals surface area (Å²) in [6.45, 7) is 3.89. The minimum absolute atomic E-state index is 0.0259. The van der Waals surface area contributed by atoms with E-state index in [1.165, 1.54) is 0 Å². The minimum Gasteiger partial charge on any atom is -0.316 e. The molecule has 96 valence electrons. The molecule has 1 aromatic rings. The van der Waals surface area contributed by atoms with E-state index < -0.39 is 0 Å². The molecule has 1 saturated heterocycles. The molecule has 18 heavy (non-hydrogen) atoms. The predicted molar refractivity (Wildman–Crippen MR) is 70.9 cm³/mol. The predicted octanol–water partition coefficient (Wildman–Crippen LogP) is 1.61. The Balaban J connectivity index is 2.24. The Morgan fingerprint density at radius 3 is 2.94 bits per heavy atom. The first-order chi connectivity index (χ1) is 8.68. The quantitative estimate of drug-likeness (QED) is 0.806. The van der Waals surface area contributed by atoms with Gasteiger partial charge in [-0.15, -0.1) is 0 Å². The van der Waals surface area contributed by atoms with Crippen LogP contribution in [-0.4, -0.2) is 31.3 Å². The van der Waals surface area contributed by atoms with E-state index in [4.69, 9.17) is 0 Å². The molecule has 0 spiro atoms. The number of ketones is 1. The number of Topliss-reactive ketones (excluding diaryl/α,β-unsaturated/α-hetero) is 1. The van der Waals surface area contributed by atoms with Crippen molar-refractivity contribution in [1.82, 2.24) is 5.32 Å². The van der Waals surface area contributed by atoms with Crippen LogP contribution in [0.2, 0.25) is 0 Å². The molecule has 1 aliphatic heterocycles. The number of rotatable bonds is 2. The van der Waals surface area contributed by atoms with Gasteiger partial charge in [0.2, 0.25) is 5.91 Å². The summed E-state index contributed by atoms with van der Waals surface area (Å²) in [5.74, 6) is 0.140. The molecule has 1 amide bonds. The SMILES string of the molecule is CC(=O)c1cccc(N2CCCNCCC2=O)c1. The summed E-state index contributed by atoms with van der Waals surface area (Å²) in [7, 11) is 0. The monoisotopic (exact) mass is 246 g/mol. The maximum atomic E-state index is 12.0. The summed E-state index contributed by atoms with van der Waals surface area (Å²) in [5.41, 5.74) is 1.48. The van der Waals surface area contributed by atoms with Crippen molar-refractivity contribution in [3.8, 4) is 0 Å². The fourth-order valence-electron chi connectivity index (χ4n) is 2.11. The molecule has 0 aromatic heterocycles. The lowest BCUT2D eigenvalue weighted by Crippen LogP contribution is -2.38. The van der Waals surface area contributed by atoms with Crippen molar-refractivity contribution in [2.75, 3.05) is 24.5 Å². The van der Waals surface area contributed by atoms with E-state index in [-0.39, 0.29) is 11.7 Å². The summed E-state index contributed by atoms with van der Waals surface area (Å²) >= 11 is 0. The summed E-state index contributed by atoms with van der Waals surface area (Å²) in [5, 5.41) is 3.22. The van der Waals surface area contributed by atoms with Crippen molar-refractivity contribution in [2.45, 2.75) is 19.8 Å². The number of nitrogens with one attached hydrogen (secondary N) is 1. The normalized spacial score (nSPS) is 17.2. The van der Waals surface area contributed by atoms with Crippen LogP contribution >= 0.6 is 0 Å². The van der Waals surface area contributed by atoms with Crippen LogP contribution < -0.4 is 10.2 Å². The molecular formula is C14H18N2O2. The first-order valence-corrected chi connectivity index (χ1v) is 6.30. The fraction of sp³-hybridized carbons (Fsp3) is 0.429. The lowest BCUT2D eigenvalue weighted by molar-refractivity contribution is -0.118. The molecule has 0 unspecified atom stereocenters. The molecule has 1 aromatic carbocycles. The van der Waals surface area contributed by atoms with E-state index in [0.717, 1.165) is 25.2 Å². The Bertz CT molecular complexity index is 457. The number of anilines is 1. The van der Waals surface area contributed by atoms with Crippen LogP contribution in [0.25, 0.3) is 0 Å². The number of carbonyl (C=O) groups excluding carboxylic acids is 2. The third-order valence-corrected chi connectivity index (χ3v) is 3.12. The number of hydrogen-bond donors (Lipinski definition) is 1. The first-order valence-electron chi connectivity index (χ1n) is 6.30. The van der Waals surface area contributed by atoms with Crippen LogP contribution in [0.3, 0.4) is 0 Å². The zero-order valence-electron chi connectivity index (χ0n) is 10.6. The summed E-state index contributed by atoms with van der Waals surface area (Å²) in [4.78, 5) is 25.2. The summed E-state index contributed by atoms with van der Waals surface area (Å²) in [6, 6.07) is 7.30. The van der Waals surface area contributed by atoms with Crippen molar-refractivity contribution in [3.63, 3.8) is 0 Å². The highest BCUT2D eigenvalue weighted by Gasteiger charge is 2.17. The van der Waals surface area contributed by atoms with E-state index in [2.05, 4.69) is 5.32 Å². The highest BCUT2D eigenvalue weighted by atomic mass is 16.2. The van der Waals surface area contributed by atoms with Crippen LogP contribution in [0.4, 0.5) is 5.69 Å². The fourth-order valence-corrected chi connectivity index (χ4v) is 2.11. The molecule has 0 aliphatic carbocycles. The Morgan fingerprint density at radius 2 is 2.17 bits per heavy atom. The second-order valence-corrected chi connectivity index (χ2v) is 4.51. The van der Waals surface area contributed by atoms with Crippen LogP contribution in [0, 0.1) is 0 Å². The molecule has 0 atom stereocenters. The lowest BCUT2D eigenvalue weighted by atomic mass is 10.1. The zero-order chi connectivity index (χ0) is 13.0. The lowest BCUT2D eigenvalue weighted by Gasteiger charge is -2.25. The van der Waals surface area contributed by atoms with E-state index in [1.54, 1.807) is 24.0 Å². The van der Waals surface area contributed by atoms with Gasteiger partial charge in [0.25, 0.3) is 0 Å². The van der Waals surface area contributed by atoms with Gasteiger partial charge in [-0.1, -0.05) is 12.1 Å². The Morgan fingerprint density at radius 1 is 1.33 bits per heavy atom. The molecule has 4 heteroatoms. The van der Waals surface area contributed by atoms with Gasteiger partial charge in [-0.05, 0) is 32.0 Å². The van der Waals surface area contributed by atoms with Crippen molar-refractivity contribution in [2.24, 2.45) is 0 Å². The average molecular weight is 246 g/mol. The van der Waals surface area contributed by atoms with E-state index in [9.17, 15) is 9.59 Å². The topological polar surface area (TPSA) is 49.4 Å². The third-order valence-electron chi connectivity index (χ3n) is 3.12. The number of nitrogens with zero attached hydrogens (tertiary/aromatic N) is 1. The zero-order valence-corrected chi connectivity index (χ0v) is 10.6. The average Bonchev–Trinajstić information content (AvgIpc) is 2.34. The van der Waals surface area contributed by atoms with Crippen LogP contribution in [0.5, 0.6) is 0 Å². The molecule has 2 rings (SSSR count). The first kappa shape index (κ1) is 12.8.